The summed E-state index contributed by atoms with van der Waals surface area (Å²) in [5.41, 5.74) is 0. The summed E-state index contributed by atoms with van der Waals surface area (Å²) >= 11 is 0. The van der Waals surface area contributed by atoms with Gasteiger partial charge in [-0.3, -0.25) is 14.5 Å². The molecule has 0 radical (unpaired) electrons. The Labute approximate surface area is 128 Å². The van der Waals surface area contributed by atoms with E-state index in [2.05, 4.69) is 13.8 Å². The molecule has 1 rings (SSSR count). The second kappa shape index (κ2) is 9.03. The minimum atomic E-state index is -0.789. The molecular formula is C16H30N2O3. The smallest absolute Gasteiger partial charge is 0.317 e. The monoisotopic (exact) mass is 298 g/mol. The third kappa shape index (κ3) is 6.04. The predicted molar refractivity (Wildman–Crippen MR) is 83.2 cm³/mol. The van der Waals surface area contributed by atoms with E-state index >= 15 is 0 Å². The molecule has 1 aliphatic heterocycles. The van der Waals surface area contributed by atoms with E-state index in [4.69, 9.17) is 5.11 Å². The van der Waals surface area contributed by atoms with Crippen LogP contribution in [0.5, 0.6) is 0 Å². The number of carboxylic acid groups (broad SMARTS) is 1. The van der Waals surface area contributed by atoms with Crippen molar-refractivity contribution in [1.82, 2.24) is 9.80 Å². The summed E-state index contributed by atoms with van der Waals surface area (Å²) < 4.78 is 0. The quantitative estimate of drug-likeness (QED) is 0.783. The molecule has 1 saturated heterocycles. The van der Waals surface area contributed by atoms with Crippen LogP contribution in [0.1, 0.15) is 52.4 Å². The Morgan fingerprint density at radius 3 is 2.48 bits per heavy atom. The van der Waals surface area contributed by atoms with Crippen LogP contribution >= 0.6 is 0 Å². The maximum atomic E-state index is 12.4. The summed E-state index contributed by atoms with van der Waals surface area (Å²) in [6.07, 6.45) is 5.57. The second-order valence-electron chi connectivity index (χ2n) is 6.16. The van der Waals surface area contributed by atoms with Gasteiger partial charge >= 0.3 is 5.97 Å². The third-order valence-electron chi connectivity index (χ3n) is 4.68. The lowest BCUT2D eigenvalue weighted by Crippen LogP contribution is -2.37. The summed E-state index contributed by atoms with van der Waals surface area (Å²) in [5.74, 6) is -0.0279. The highest BCUT2D eigenvalue weighted by atomic mass is 16.4. The lowest BCUT2D eigenvalue weighted by molar-refractivity contribution is -0.138. The van der Waals surface area contributed by atoms with Gasteiger partial charge in [-0.05, 0) is 32.2 Å². The fraction of sp³-hybridized carbons (Fsp3) is 0.875. The summed E-state index contributed by atoms with van der Waals surface area (Å²) in [6.45, 7) is 5.93. The number of rotatable bonds is 7. The molecule has 1 N–H and O–H groups in total. The van der Waals surface area contributed by atoms with Crippen molar-refractivity contribution < 1.29 is 14.7 Å². The number of likely N-dealkylation sites (tertiary alicyclic amines) is 1. The lowest BCUT2D eigenvalue weighted by atomic mass is 9.99. The number of carbonyl (C=O) groups excluding carboxylic acids is 1. The molecule has 122 valence electrons. The zero-order valence-corrected chi connectivity index (χ0v) is 13.7. The number of carboxylic acids is 1. The van der Waals surface area contributed by atoms with Gasteiger partial charge in [0, 0.05) is 25.6 Å². The van der Waals surface area contributed by atoms with E-state index in [9.17, 15) is 9.59 Å². The Bertz CT molecular complexity index is 342. The first kappa shape index (κ1) is 18.0. The van der Waals surface area contributed by atoms with Gasteiger partial charge in [-0.1, -0.05) is 26.7 Å². The molecule has 0 aromatic heterocycles. The summed E-state index contributed by atoms with van der Waals surface area (Å²) in [4.78, 5) is 27.0. The summed E-state index contributed by atoms with van der Waals surface area (Å²) in [6, 6.07) is 0.270. The van der Waals surface area contributed by atoms with Crippen molar-refractivity contribution in [3.63, 3.8) is 0 Å². The van der Waals surface area contributed by atoms with Gasteiger partial charge in [0.1, 0.15) is 0 Å². The SMILES string of the molecule is CCC(CC)CC(=O)N1CCCC(N(C)CC(=O)O)CC1. The average Bonchev–Trinajstić information content (AvgIpc) is 2.69. The molecule has 0 aromatic carbocycles. The Morgan fingerprint density at radius 1 is 1.24 bits per heavy atom. The molecular weight excluding hydrogens is 268 g/mol. The van der Waals surface area contributed by atoms with Crippen LogP contribution in [0.15, 0.2) is 0 Å². The van der Waals surface area contributed by atoms with Crippen molar-refractivity contribution in [3.8, 4) is 0 Å². The molecule has 0 bridgehead atoms. The predicted octanol–water partition coefficient (Wildman–Crippen LogP) is 2.21. The van der Waals surface area contributed by atoms with Crippen LogP contribution in [-0.4, -0.2) is 59.5 Å². The standard InChI is InChI=1S/C16H30N2O3/c1-4-13(5-2)11-15(19)18-9-6-7-14(8-10-18)17(3)12-16(20)21/h13-14H,4-12H2,1-3H3,(H,20,21). The number of hydrogen-bond donors (Lipinski definition) is 1. The number of amides is 1. The largest absolute Gasteiger partial charge is 0.480 e. The van der Waals surface area contributed by atoms with Crippen LogP contribution in [0.25, 0.3) is 0 Å². The Balaban J connectivity index is 2.48. The minimum Gasteiger partial charge on any atom is -0.480 e. The van der Waals surface area contributed by atoms with Crippen molar-refractivity contribution in [1.29, 1.82) is 0 Å². The molecule has 0 spiro atoms. The minimum absolute atomic E-state index is 0.0758. The topological polar surface area (TPSA) is 60.9 Å². The van der Waals surface area contributed by atoms with Crippen LogP contribution < -0.4 is 0 Å². The Hall–Kier alpha value is -1.10. The summed E-state index contributed by atoms with van der Waals surface area (Å²) in [5, 5.41) is 8.87. The highest BCUT2D eigenvalue weighted by Gasteiger charge is 2.24. The van der Waals surface area contributed by atoms with E-state index in [-0.39, 0.29) is 18.5 Å². The van der Waals surface area contributed by atoms with E-state index in [0.717, 1.165) is 45.2 Å². The fourth-order valence-corrected chi connectivity index (χ4v) is 3.06. The lowest BCUT2D eigenvalue weighted by Gasteiger charge is -2.26. The zero-order chi connectivity index (χ0) is 15.8. The molecule has 0 aromatic rings. The molecule has 0 saturated carbocycles. The van der Waals surface area contributed by atoms with Crippen LogP contribution in [0.4, 0.5) is 0 Å². The first-order chi connectivity index (χ1) is 9.97. The molecule has 1 fully saturated rings. The second-order valence-corrected chi connectivity index (χ2v) is 6.16. The maximum Gasteiger partial charge on any atom is 0.317 e. The highest BCUT2D eigenvalue weighted by molar-refractivity contribution is 5.76. The van der Waals surface area contributed by atoms with Gasteiger partial charge < -0.3 is 10.0 Å². The normalized spacial score (nSPS) is 19.9. The van der Waals surface area contributed by atoms with Gasteiger partial charge in [-0.15, -0.1) is 0 Å². The van der Waals surface area contributed by atoms with E-state index in [0.29, 0.717) is 12.3 Å². The molecule has 1 atom stereocenters. The molecule has 0 aliphatic carbocycles. The highest BCUT2D eigenvalue weighted by Crippen LogP contribution is 2.19. The number of carbonyl (C=O) groups is 2. The van der Waals surface area contributed by atoms with Crippen molar-refractivity contribution in [2.75, 3.05) is 26.7 Å². The average molecular weight is 298 g/mol. The van der Waals surface area contributed by atoms with Crippen LogP contribution in [-0.2, 0) is 9.59 Å². The number of aliphatic carboxylic acids is 1. The molecule has 1 aliphatic rings. The first-order valence-corrected chi connectivity index (χ1v) is 8.17. The van der Waals surface area contributed by atoms with Crippen molar-refractivity contribution in [2.24, 2.45) is 5.92 Å². The van der Waals surface area contributed by atoms with Crippen LogP contribution in [0, 0.1) is 5.92 Å². The molecule has 1 unspecified atom stereocenters. The third-order valence-corrected chi connectivity index (χ3v) is 4.68. The van der Waals surface area contributed by atoms with Crippen molar-refractivity contribution >= 4 is 11.9 Å². The van der Waals surface area contributed by atoms with Crippen molar-refractivity contribution in [3.05, 3.63) is 0 Å². The molecule has 5 nitrogen and oxygen atoms in total. The van der Waals surface area contributed by atoms with E-state index in [1.807, 2.05) is 16.8 Å². The van der Waals surface area contributed by atoms with Gasteiger partial charge in [-0.2, -0.15) is 0 Å². The van der Waals surface area contributed by atoms with Crippen LogP contribution in [0.3, 0.4) is 0 Å². The van der Waals surface area contributed by atoms with Gasteiger partial charge in [0.2, 0.25) is 5.91 Å². The number of likely N-dealkylation sites (N-methyl/N-ethyl adjacent to an activating group) is 1. The Kier molecular flexibility index (Phi) is 7.72. The molecule has 1 amide bonds. The molecule has 5 heteroatoms. The number of hydrogen-bond acceptors (Lipinski definition) is 3. The Morgan fingerprint density at radius 2 is 1.90 bits per heavy atom. The molecule has 21 heavy (non-hydrogen) atoms. The van der Waals surface area contributed by atoms with Gasteiger partial charge in [0.05, 0.1) is 6.54 Å². The maximum absolute atomic E-state index is 12.4. The fourth-order valence-electron chi connectivity index (χ4n) is 3.06. The first-order valence-electron chi connectivity index (χ1n) is 8.17. The number of nitrogens with zero attached hydrogens (tertiary/aromatic N) is 2. The van der Waals surface area contributed by atoms with E-state index in [1.54, 1.807) is 0 Å². The zero-order valence-electron chi connectivity index (χ0n) is 13.7. The van der Waals surface area contributed by atoms with Gasteiger partial charge in [0.25, 0.3) is 0 Å². The molecule has 1 heterocycles. The van der Waals surface area contributed by atoms with Crippen LogP contribution in [0.2, 0.25) is 0 Å². The van der Waals surface area contributed by atoms with Gasteiger partial charge in [-0.25, -0.2) is 0 Å². The van der Waals surface area contributed by atoms with Crippen molar-refractivity contribution in [2.45, 2.75) is 58.4 Å². The summed E-state index contributed by atoms with van der Waals surface area (Å²) in [7, 11) is 1.86. The van der Waals surface area contributed by atoms with E-state index < -0.39 is 5.97 Å². The van der Waals surface area contributed by atoms with E-state index in [1.165, 1.54) is 0 Å². The van der Waals surface area contributed by atoms with Gasteiger partial charge in [0.15, 0.2) is 0 Å².